The van der Waals surface area contributed by atoms with Crippen LogP contribution in [0, 0.1) is 5.82 Å². The number of nitrogens with zero attached hydrogens (tertiary/aromatic N) is 3. The van der Waals surface area contributed by atoms with Crippen molar-refractivity contribution in [3.63, 3.8) is 0 Å². The summed E-state index contributed by atoms with van der Waals surface area (Å²) >= 11 is 0. The van der Waals surface area contributed by atoms with E-state index in [1.54, 1.807) is 22.8 Å². The van der Waals surface area contributed by atoms with Crippen LogP contribution < -0.4 is 5.73 Å². The van der Waals surface area contributed by atoms with Gasteiger partial charge in [-0.3, -0.25) is 4.79 Å². The molecule has 0 unspecified atom stereocenters. The van der Waals surface area contributed by atoms with Gasteiger partial charge < -0.3 is 15.0 Å². The van der Waals surface area contributed by atoms with Crippen molar-refractivity contribution in [3.8, 4) is 11.1 Å². The fourth-order valence-electron chi connectivity index (χ4n) is 3.28. The normalized spacial score (nSPS) is 10.9. The molecular weight excluding hydrogens is 387 g/mol. The van der Waals surface area contributed by atoms with Crippen LogP contribution in [0.5, 0.6) is 0 Å². The van der Waals surface area contributed by atoms with Gasteiger partial charge in [-0.25, -0.2) is 19.2 Å². The van der Waals surface area contributed by atoms with Gasteiger partial charge in [0.2, 0.25) is 0 Å². The fourth-order valence-corrected chi connectivity index (χ4v) is 3.28. The molecular formula is C22H17FN4O3. The van der Waals surface area contributed by atoms with E-state index in [0.29, 0.717) is 17.8 Å². The number of imidazole rings is 1. The molecule has 0 saturated carbocycles. The third-order valence-corrected chi connectivity index (χ3v) is 4.74. The van der Waals surface area contributed by atoms with Crippen LogP contribution in [0.15, 0.2) is 61.1 Å². The van der Waals surface area contributed by atoms with Crippen molar-refractivity contribution in [2.45, 2.75) is 6.54 Å². The van der Waals surface area contributed by atoms with Gasteiger partial charge in [-0.05, 0) is 41.0 Å². The summed E-state index contributed by atoms with van der Waals surface area (Å²) in [6.45, 7) is 0.356. The highest BCUT2D eigenvalue weighted by atomic mass is 19.1. The van der Waals surface area contributed by atoms with Crippen LogP contribution in [0.2, 0.25) is 0 Å². The van der Waals surface area contributed by atoms with Crippen molar-refractivity contribution >= 4 is 22.8 Å². The van der Waals surface area contributed by atoms with Gasteiger partial charge in [-0.15, -0.1) is 0 Å². The number of fused-ring (bicyclic) bond motifs is 1. The molecule has 1 amide bonds. The van der Waals surface area contributed by atoms with E-state index in [9.17, 15) is 14.0 Å². The van der Waals surface area contributed by atoms with Gasteiger partial charge in [-0.2, -0.15) is 0 Å². The molecule has 0 saturated heterocycles. The van der Waals surface area contributed by atoms with E-state index in [0.717, 1.165) is 22.1 Å². The number of methoxy groups -OCH3 is 1. The molecule has 0 fully saturated rings. The van der Waals surface area contributed by atoms with Crippen molar-refractivity contribution in [1.82, 2.24) is 14.5 Å². The van der Waals surface area contributed by atoms with E-state index in [2.05, 4.69) is 9.97 Å². The Morgan fingerprint density at radius 2 is 1.90 bits per heavy atom. The highest BCUT2D eigenvalue weighted by Gasteiger charge is 2.14. The second-order valence-corrected chi connectivity index (χ2v) is 6.68. The maximum Gasteiger partial charge on any atom is 0.356 e. The summed E-state index contributed by atoms with van der Waals surface area (Å²) in [6, 6.07) is 13.2. The van der Waals surface area contributed by atoms with Gasteiger partial charge in [0.1, 0.15) is 17.2 Å². The van der Waals surface area contributed by atoms with Crippen LogP contribution >= 0.6 is 0 Å². The molecule has 4 rings (SSSR count). The van der Waals surface area contributed by atoms with Crippen molar-refractivity contribution in [2.24, 2.45) is 5.73 Å². The molecule has 0 bridgehead atoms. The van der Waals surface area contributed by atoms with E-state index >= 15 is 0 Å². The number of carbonyl (C=O) groups excluding carboxylic acids is 2. The number of pyridine rings is 1. The summed E-state index contributed by atoms with van der Waals surface area (Å²) in [5.74, 6) is -1.49. The number of ether oxygens (including phenoxy) is 1. The molecule has 0 aliphatic carbocycles. The van der Waals surface area contributed by atoms with Crippen LogP contribution in [0.25, 0.3) is 22.0 Å². The maximum atomic E-state index is 13.3. The lowest BCUT2D eigenvalue weighted by atomic mass is 9.98. The molecule has 8 heteroatoms. The first-order valence-corrected chi connectivity index (χ1v) is 9.04. The van der Waals surface area contributed by atoms with Crippen molar-refractivity contribution in [3.05, 3.63) is 83.8 Å². The van der Waals surface area contributed by atoms with Crippen LogP contribution in [-0.4, -0.2) is 33.5 Å². The first kappa shape index (κ1) is 19.3. The Hall–Kier alpha value is -4.07. The number of esters is 1. The number of aromatic nitrogens is 3. The first-order valence-electron chi connectivity index (χ1n) is 9.04. The molecule has 0 radical (unpaired) electrons. The molecule has 2 aromatic heterocycles. The Balaban J connectivity index is 1.81. The second-order valence-electron chi connectivity index (χ2n) is 6.68. The number of hydrogen-bond acceptors (Lipinski definition) is 5. The van der Waals surface area contributed by atoms with E-state index in [-0.39, 0.29) is 11.5 Å². The van der Waals surface area contributed by atoms with Crippen LogP contribution in [-0.2, 0) is 11.3 Å². The van der Waals surface area contributed by atoms with E-state index in [1.165, 1.54) is 31.8 Å². The minimum atomic E-state index is -0.659. The number of nitrogens with two attached hydrogens (primary N) is 1. The van der Waals surface area contributed by atoms with Crippen molar-refractivity contribution < 1.29 is 18.7 Å². The first-order chi connectivity index (χ1) is 14.5. The van der Waals surface area contributed by atoms with Gasteiger partial charge >= 0.3 is 5.97 Å². The molecule has 0 aliphatic heterocycles. The maximum absolute atomic E-state index is 13.3. The Labute approximate surface area is 170 Å². The monoisotopic (exact) mass is 404 g/mol. The SMILES string of the molecule is COC(=O)c1cncn1Cc1ccc2c(-c3ccc(F)cc3)cc(C(N)=O)nc2c1. The Morgan fingerprint density at radius 1 is 1.13 bits per heavy atom. The molecule has 0 atom stereocenters. The smallest absolute Gasteiger partial charge is 0.356 e. The summed E-state index contributed by atoms with van der Waals surface area (Å²) in [5.41, 5.74) is 8.75. The Bertz CT molecular complexity index is 1270. The Kier molecular flexibility index (Phi) is 4.97. The van der Waals surface area contributed by atoms with Gasteiger partial charge in [0.25, 0.3) is 5.91 Å². The standard InChI is InChI=1S/C22H17FN4O3/c1-30-22(29)20-10-25-12-27(20)11-13-2-7-16-17(14-3-5-15(23)6-4-14)9-19(21(24)28)26-18(16)8-13/h2-10,12H,11H2,1H3,(H2,24,28). The van der Waals surface area contributed by atoms with Crippen molar-refractivity contribution in [1.29, 1.82) is 0 Å². The third-order valence-electron chi connectivity index (χ3n) is 4.74. The molecule has 2 aromatic carbocycles. The van der Waals surface area contributed by atoms with Gasteiger partial charge in [-0.1, -0.05) is 24.3 Å². The summed E-state index contributed by atoms with van der Waals surface area (Å²) in [4.78, 5) is 32.1. The average molecular weight is 404 g/mol. The number of halogens is 1. The lowest BCUT2D eigenvalue weighted by Crippen LogP contribution is -2.13. The number of benzene rings is 2. The summed E-state index contributed by atoms with van der Waals surface area (Å²) in [7, 11) is 1.31. The van der Waals surface area contributed by atoms with E-state index in [4.69, 9.17) is 10.5 Å². The minimum absolute atomic E-state index is 0.108. The van der Waals surface area contributed by atoms with Crippen LogP contribution in [0.4, 0.5) is 4.39 Å². The number of hydrogen-bond donors (Lipinski definition) is 1. The lowest BCUT2D eigenvalue weighted by Gasteiger charge is -2.11. The molecule has 7 nitrogen and oxygen atoms in total. The topological polar surface area (TPSA) is 100 Å². The predicted molar refractivity (Wildman–Crippen MR) is 108 cm³/mol. The third kappa shape index (κ3) is 3.62. The van der Waals surface area contributed by atoms with Crippen molar-refractivity contribution in [2.75, 3.05) is 7.11 Å². The summed E-state index contributed by atoms with van der Waals surface area (Å²) in [6.07, 6.45) is 2.97. The van der Waals surface area contributed by atoms with Crippen LogP contribution in [0.3, 0.4) is 0 Å². The molecule has 30 heavy (non-hydrogen) atoms. The van der Waals surface area contributed by atoms with Gasteiger partial charge in [0.05, 0.1) is 25.2 Å². The fraction of sp³-hybridized carbons (Fsp3) is 0.0909. The lowest BCUT2D eigenvalue weighted by molar-refractivity contribution is 0.0589. The Morgan fingerprint density at radius 3 is 2.60 bits per heavy atom. The zero-order valence-electron chi connectivity index (χ0n) is 16.0. The quantitative estimate of drug-likeness (QED) is 0.515. The highest BCUT2D eigenvalue weighted by Crippen LogP contribution is 2.30. The molecule has 0 aliphatic rings. The highest BCUT2D eigenvalue weighted by molar-refractivity contribution is 6.01. The number of rotatable bonds is 5. The molecule has 2 N–H and O–H groups in total. The zero-order chi connectivity index (χ0) is 21.3. The average Bonchev–Trinajstić information content (AvgIpc) is 3.20. The van der Waals surface area contributed by atoms with E-state index < -0.39 is 11.9 Å². The zero-order valence-corrected chi connectivity index (χ0v) is 16.0. The predicted octanol–water partition coefficient (Wildman–Crippen LogP) is 3.17. The van der Waals surface area contributed by atoms with Crippen LogP contribution in [0.1, 0.15) is 26.5 Å². The number of carbonyl (C=O) groups is 2. The second kappa shape index (κ2) is 7.75. The molecule has 4 aromatic rings. The molecule has 2 heterocycles. The molecule has 0 spiro atoms. The van der Waals surface area contributed by atoms with Gasteiger partial charge in [0.15, 0.2) is 0 Å². The largest absolute Gasteiger partial charge is 0.464 e. The van der Waals surface area contributed by atoms with E-state index in [1.807, 2.05) is 18.2 Å². The van der Waals surface area contributed by atoms with Gasteiger partial charge in [0, 0.05) is 11.9 Å². The minimum Gasteiger partial charge on any atom is -0.464 e. The molecule has 150 valence electrons. The summed E-state index contributed by atoms with van der Waals surface area (Å²) in [5, 5.41) is 0.786. The summed E-state index contributed by atoms with van der Waals surface area (Å²) < 4.78 is 19.8. The number of amides is 1. The number of primary amides is 1.